The number of nitrogens with zero attached hydrogens (tertiary/aromatic N) is 2. The van der Waals surface area contributed by atoms with Crippen LogP contribution in [0.25, 0.3) is 0 Å². The summed E-state index contributed by atoms with van der Waals surface area (Å²) in [6, 6.07) is 0. The molecule has 0 aromatic carbocycles. The van der Waals surface area contributed by atoms with Gasteiger partial charge >= 0.3 is 0 Å². The minimum absolute atomic E-state index is 0.975. The van der Waals surface area contributed by atoms with Gasteiger partial charge in [0.25, 0.3) is 0 Å². The SMILES string of the molecule is CCCCCCCCCc1nccnc1NCCC. The normalized spacial score (nSPS) is 10.6. The minimum Gasteiger partial charge on any atom is -0.369 e. The predicted octanol–water partition coefficient (Wildman–Crippen LogP) is 4.59. The average molecular weight is 263 g/mol. The number of unbranched alkanes of at least 4 members (excludes halogenated alkanes) is 6. The van der Waals surface area contributed by atoms with Crippen LogP contribution in [-0.4, -0.2) is 16.5 Å². The zero-order valence-electron chi connectivity index (χ0n) is 12.6. The molecule has 3 nitrogen and oxygen atoms in total. The van der Waals surface area contributed by atoms with Gasteiger partial charge in [0, 0.05) is 18.9 Å². The molecular formula is C16H29N3. The van der Waals surface area contributed by atoms with Crippen LogP contribution in [0, 0.1) is 0 Å². The monoisotopic (exact) mass is 263 g/mol. The third kappa shape index (κ3) is 7.14. The minimum atomic E-state index is 0.975. The van der Waals surface area contributed by atoms with Crippen molar-refractivity contribution in [1.29, 1.82) is 0 Å². The van der Waals surface area contributed by atoms with E-state index in [0.717, 1.165) is 30.9 Å². The molecule has 0 aliphatic carbocycles. The Bertz CT molecular complexity index is 326. The molecule has 1 aromatic rings. The number of hydrogen-bond donors (Lipinski definition) is 1. The molecule has 108 valence electrons. The lowest BCUT2D eigenvalue weighted by atomic mass is 10.1. The Hall–Kier alpha value is -1.12. The van der Waals surface area contributed by atoms with Crippen LogP contribution in [0.4, 0.5) is 5.82 Å². The maximum atomic E-state index is 4.45. The second-order valence-corrected chi connectivity index (χ2v) is 5.15. The van der Waals surface area contributed by atoms with E-state index in [1.807, 2.05) is 0 Å². The summed E-state index contributed by atoms with van der Waals surface area (Å²) >= 11 is 0. The first-order chi connectivity index (χ1) is 9.38. The van der Waals surface area contributed by atoms with Crippen LogP contribution in [0.3, 0.4) is 0 Å². The van der Waals surface area contributed by atoms with Crippen LogP contribution in [0.2, 0.25) is 0 Å². The van der Waals surface area contributed by atoms with Crippen LogP contribution in [0.1, 0.15) is 70.9 Å². The number of nitrogens with one attached hydrogen (secondary N) is 1. The zero-order valence-corrected chi connectivity index (χ0v) is 12.6. The maximum absolute atomic E-state index is 4.45. The summed E-state index contributed by atoms with van der Waals surface area (Å²) < 4.78 is 0. The molecule has 1 N–H and O–H groups in total. The molecule has 0 fully saturated rings. The van der Waals surface area contributed by atoms with E-state index >= 15 is 0 Å². The van der Waals surface area contributed by atoms with E-state index in [0.29, 0.717) is 0 Å². The number of anilines is 1. The summed E-state index contributed by atoms with van der Waals surface area (Å²) in [7, 11) is 0. The predicted molar refractivity (Wildman–Crippen MR) is 82.5 cm³/mol. The van der Waals surface area contributed by atoms with Gasteiger partial charge in [-0.25, -0.2) is 4.98 Å². The topological polar surface area (TPSA) is 37.8 Å². The molecule has 0 aliphatic heterocycles. The molecular weight excluding hydrogens is 234 g/mol. The first kappa shape index (κ1) is 15.9. The smallest absolute Gasteiger partial charge is 0.147 e. The summed E-state index contributed by atoms with van der Waals surface area (Å²) in [6.45, 7) is 5.40. The lowest BCUT2D eigenvalue weighted by molar-refractivity contribution is 0.587. The highest BCUT2D eigenvalue weighted by molar-refractivity contribution is 5.39. The molecule has 1 aromatic heterocycles. The Morgan fingerprint density at radius 3 is 2.26 bits per heavy atom. The standard InChI is InChI=1S/C16H29N3/c1-3-5-6-7-8-9-10-11-15-16(18-12-4-2)19-14-13-17-15/h13-14H,3-12H2,1-2H3,(H,18,19). The molecule has 19 heavy (non-hydrogen) atoms. The van der Waals surface area contributed by atoms with Gasteiger partial charge in [0.1, 0.15) is 5.82 Å². The first-order valence-corrected chi connectivity index (χ1v) is 7.92. The van der Waals surface area contributed by atoms with Crippen molar-refractivity contribution in [2.24, 2.45) is 0 Å². The molecule has 1 rings (SSSR count). The summed E-state index contributed by atoms with van der Waals surface area (Å²) in [5.41, 5.74) is 1.13. The van der Waals surface area contributed by atoms with Gasteiger partial charge in [0.15, 0.2) is 0 Å². The molecule has 3 heteroatoms. The highest BCUT2D eigenvalue weighted by Gasteiger charge is 2.03. The van der Waals surface area contributed by atoms with Crippen molar-refractivity contribution in [2.75, 3.05) is 11.9 Å². The van der Waals surface area contributed by atoms with Crippen LogP contribution >= 0.6 is 0 Å². The molecule has 0 spiro atoms. The molecule has 0 unspecified atom stereocenters. The van der Waals surface area contributed by atoms with Gasteiger partial charge in [-0.1, -0.05) is 52.4 Å². The molecule has 0 bridgehead atoms. The zero-order chi connectivity index (χ0) is 13.8. The van der Waals surface area contributed by atoms with Gasteiger partial charge < -0.3 is 5.32 Å². The highest BCUT2D eigenvalue weighted by atomic mass is 15.0. The van der Waals surface area contributed by atoms with E-state index in [9.17, 15) is 0 Å². The van der Waals surface area contributed by atoms with Gasteiger partial charge in [0.05, 0.1) is 5.69 Å². The highest BCUT2D eigenvalue weighted by Crippen LogP contribution is 2.14. The molecule has 0 saturated carbocycles. The Kier molecular flexibility index (Phi) is 9.03. The lowest BCUT2D eigenvalue weighted by Gasteiger charge is -2.08. The molecule has 0 radical (unpaired) electrons. The van der Waals surface area contributed by atoms with E-state index in [2.05, 4.69) is 29.1 Å². The summed E-state index contributed by atoms with van der Waals surface area (Å²) in [5.74, 6) is 0.982. The van der Waals surface area contributed by atoms with Crippen LogP contribution in [-0.2, 0) is 6.42 Å². The number of hydrogen-bond acceptors (Lipinski definition) is 3. The first-order valence-electron chi connectivity index (χ1n) is 7.92. The molecule has 0 saturated heterocycles. The summed E-state index contributed by atoms with van der Waals surface area (Å²) in [6.07, 6.45) is 15.1. The van der Waals surface area contributed by atoms with Gasteiger partial charge in [-0.15, -0.1) is 0 Å². The fourth-order valence-corrected chi connectivity index (χ4v) is 2.19. The van der Waals surface area contributed by atoms with Crippen molar-refractivity contribution in [3.8, 4) is 0 Å². The summed E-state index contributed by atoms with van der Waals surface area (Å²) in [5, 5.41) is 3.36. The van der Waals surface area contributed by atoms with Crippen LogP contribution in [0.5, 0.6) is 0 Å². The fraction of sp³-hybridized carbons (Fsp3) is 0.750. The van der Waals surface area contributed by atoms with Crippen molar-refractivity contribution < 1.29 is 0 Å². The third-order valence-corrected chi connectivity index (χ3v) is 3.33. The van der Waals surface area contributed by atoms with Crippen molar-refractivity contribution in [2.45, 2.75) is 71.6 Å². The van der Waals surface area contributed by atoms with Crippen molar-refractivity contribution in [3.05, 3.63) is 18.1 Å². The second kappa shape index (κ2) is 10.8. The van der Waals surface area contributed by atoms with Crippen molar-refractivity contribution >= 4 is 5.82 Å². The molecule has 1 heterocycles. The Morgan fingerprint density at radius 1 is 0.842 bits per heavy atom. The molecule has 0 amide bonds. The van der Waals surface area contributed by atoms with E-state index in [1.165, 1.54) is 44.9 Å². The quantitative estimate of drug-likeness (QED) is 0.593. The largest absolute Gasteiger partial charge is 0.369 e. The van der Waals surface area contributed by atoms with Crippen LogP contribution < -0.4 is 5.32 Å². The van der Waals surface area contributed by atoms with Crippen LogP contribution in [0.15, 0.2) is 12.4 Å². The number of aryl methyl sites for hydroxylation is 1. The maximum Gasteiger partial charge on any atom is 0.147 e. The number of rotatable bonds is 11. The van der Waals surface area contributed by atoms with Crippen molar-refractivity contribution in [3.63, 3.8) is 0 Å². The Labute approximate surface area is 118 Å². The van der Waals surface area contributed by atoms with E-state index in [-0.39, 0.29) is 0 Å². The van der Waals surface area contributed by atoms with Gasteiger partial charge in [-0.05, 0) is 19.3 Å². The Morgan fingerprint density at radius 2 is 1.53 bits per heavy atom. The van der Waals surface area contributed by atoms with E-state index in [1.54, 1.807) is 12.4 Å². The lowest BCUT2D eigenvalue weighted by Crippen LogP contribution is -2.06. The van der Waals surface area contributed by atoms with Gasteiger partial charge in [0.2, 0.25) is 0 Å². The van der Waals surface area contributed by atoms with E-state index < -0.39 is 0 Å². The third-order valence-electron chi connectivity index (χ3n) is 3.33. The number of aromatic nitrogens is 2. The second-order valence-electron chi connectivity index (χ2n) is 5.15. The molecule has 0 aliphatic rings. The van der Waals surface area contributed by atoms with Crippen molar-refractivity contribution in [1.82, 2.24) is 9.97 Å². The fourth-order valence-electron chi connectivity index (χ4n) is 2.19. The van der Waals surface area contributed by atoms with Gasteiger partial charge in [-0.2, -0.15) is 0 Å². The Balaban J connectivity index is 2.21. The van der Waals surface area contributed by atoms with Gasteiger partial charge in [-0.3, -0.25) is 4.98 Å². The van der Waals surface area contributed by atoms with E-state index in [4.69, 9.17) is 0 Å². The summed E-state index contributed by atoms with van der Waals surface area (Å²) in [4.78, 5) is 8.84. The molecule has 0 atom stereocenters. The average Bonchev–Trinajstić information content (AvgIpc) is 2.45.